The zero-order valence-corrected chi connectivity index (χ0v) is 9.14. The number of hydrogen-bond acceptors (Lipinski definition) is 1. The van der Waals surface area contributed by atoms with Gasteiger partial charge in [-0.25, -0.2) is 0 Å². The molecule has 0 amide bonds. The quantitative estimate of drug-likeness (QED) is 0.647. The van der Waals surface area contributed by atoms with Crippen LogP contribution in [0.3, 0.4) is 0 Å². The van der Waals surface area contributed by atoms with E-state index in [-0.39, 0.29) is 6.10 Å². The molecule has 1 atom stereocenters. The zero-order valence-electron chi connectivity index (χ0n) is 9.14. The zero-order chi connectivity index (χ0) is 9.84. The lowest BCUT2D eigenvalue weighted by atomic mass is 9.94. The monoisotopic (exact) mass is 182 g/mol. The Morgan fingerprint density at radius 1 is 1.38 bits per heavy atom. The first-order valence-electron chi connectivity index (χ1n) is 5.55. The highest BCUT2D eigenvalue weighted by atomic mass is 16.3. The molecule has 0 saturated heterocycles. The molecular formula is C12H22O. The topological polar surface area (TPSA) is 20.2 Å². The molecule has 1 unspecified atom stereocenters. The molecular weight excluding hydrogens is 160 g/mol. The van der Waals surface area contributed by atoms with Gasteiger partial charge in [0.2, 0.25) is 0 Å². The number of rotatable bonds is 5. The highest BCUT2D eigenvalue weighted by Crippen LogP contribution is 2.36. The minimum absolute atomic E-state index is 0.177. The molecule has 0 bridgehead atoms. The summed E-state index contributed by atoms with van der Waals surface area (Å²) in [5, 5.41) is 9.97. The highest BCUT2D eigenvalue weighted by molar-refractivity contribution is 5.28. The molecule has 0 aromatic carbocycles. The van der Waals surface area contributed by atoms with Gasteiger partial charge in [0.25, 0.3) is 0 Å². The van der Waals surface area contributed by atoms with Crippen molar-refractivity contribution in [3.8, 4) is 0 Å². The first-order chi connectivity index (χ1) is 6.16. The lowest BCUT2D eigenvalue weighted by molar-refractivity contribution is 0.155. The molecule has 1 aliphatic rings. The Kier molecular flexibility index (Phi) is 3.98. The predicted molar refractivity (Wildman–Crippen MR) is 56.6 cm³/mol. The Hall–Kier alpha value is -0.300. The fourth-order valence-corrected chi connectivity index (χ4v) is 1.69. The second kappa shape index (κ2) is 4.80. The van der Waals surface area contributed by atoms with Crippen molar-refractivity contribution >= 4 is 0 Å². The van der Waals surface area contributed by atoms with Crippen LogP contribution in [0.2, 0.25) is 0 Å². The highest BCUT2D eigenvalue weighted by Gasteiger charge is 2.23. The van der Waals surface area contributed by atoms with E-state index >= 15 is 0 Å². The molecule has 13 heavy (non-hydrogen) atoms. The Bertz CT molecular complexity index is 185. The van der Waals surface area contributed by atoms with Gasteiger partial charge < -0.3 is 5.11 Å². The van der Waals surface area contributed by atoms with Gasteiger partial charge in [-0.05, 0) is 37.2 Å². The number of aliphatic hydroxyl groups is 1. The van der Waals surface area contributed by atoms with Crippen LogP contribution in [0.5, 0.6) is 0 Å². The lowest BCUT2D eigenvalue weighted by Crippen LogP contribution is -2.17. The van der Waals surface area contributed by atoms with Crippen LogP contribution in [0.1, 0.15) is 52.9 Å². The SMILES string of the molecule is CCCCC(=C1CC1)C(O)C(C)C. The van der Waals surface area contributed by atoms with Crippen LogP contribution in [-0.2, 0) is 0 Å². The fraction of sp³-hybridized carbons (Fsp3) is 0.833. The van der Waals surface area contributed by atoms with Gasteiger partial charge in [-0.2, -0.15) is 0 Å². The predicted octanol–water partition coefficient (Wildman–Crippen LogP) is 3.28. The molecule has 1 N–H and O–H groups in total. The second-order valence-electron chi connectivity index (χ2n) is 4.42. The maximum atomic E-state index is 9.97. The van der Waals surface area contributed by atoms with Gasteiger partial charge >= 0.3 is 0 Å². The van der Waals surface area contributed by atoms with Crippen molar-refractivity contribution in [3.05, 3.63) is 11.1 Å². The summed E-state index contributed by atoms with van der Waals surface area (Å²) in [5.41, 5.74) is 2.89. The molecule has 0 aromatic heterocycles. The third-order valence-corrected chi connectivity index (χ3v) is 2.74. The Balaban J connectivity index is 2.53. The molecule has 1 fully saturated rings. The van der Waals surface area contributed by atoms with Gasteiger partial charge in [-0.3, -0.25) is 0 Å². The summed E-state index contributed by atoms with van der Waals surface area (Å²) >= 11 is 0. The van der Waals surface area contributed by atoms with Gasteiger partial charge in [-0.1, -0.05) is 32.8 Å². The van der Waals surface area contributed by atoms with Crippen molar-refractivity contribution in [2.24, 2.45) is 5.92 Å². The van der Waals surface area contributed by atoms with Crippen LogP contribution >= 0.6 is 0 Å². The van der Waals surface area contributed by atoms with E-state index in [9.17, 15) is 5.11 Å². The molecule has 1 aliphatic carbocycles. The molecule has 1 saturated carbocycles. The Morgan fingerprint density at radius 3 is 2.38 bits per heavy atom. The van der Waals surface area contributed by atoms with E-state index in [2.05, 4.69) is 20.8 Å². The van der Waals surface area contributed by atoms with E-state index < -0.39 is 0 Å². The molecule has 0 radical (unpaired) electrons. The van der Waals surface area contributed by atoms with Crippen LogP contribution in [0.4, 0.5) is 0 Å². The van der Waals surface area contributed by atoms with E-state index in [0.29, 0.717) is 5.92 Å². The Labute approximate surface area is 81.9 Å². The third-order valence-electron chi connectivity index (χ3n) is 2.74. The molecule has 0 aromatic rings. The minimum Gasteiger partial charge on any atom is -0.388 e. The standard InChI is InChI=1S/C12H22O/c1-4-5-6-11(10-7-8-10)12(13)9(2)3/h9,12-13H,4-8H2,1-3H3. The summed E-state index contributed by atoms with van der Waals surface area (Å²) in [7, 11) is 0. The average molecular weight is 182 g/mol. The second-order valence-corrected chi connectivity index (χ2v) is 4.42. The molecule has 1 rings (SSSR count). The van der Waals surface area contributed by atoms with E-state index in [1.165, 1.54) is 36.8 Å². The average Bonchev–Trinajstić information content (AvgIpc) is 2.88. The van der Waals surface area contributed by atoms with Crippen molar-refractivity contribution in [1.82, 2.24) is 0 Å². The van der Waals surface area contributed by atoms with E-state index in [4.69, 9.17) is 0 Å². The van der Waals surface area contributed by atoms with E-state index in [0.717, 1.165) is 6.42 Å². The molecule has 0 spiro atoms. The van der Waals surface area contributed by atoms with Crippen molar-refractivity contribution in [2.45, 2.75) is 59.0 Å². The summed E-state index contributed by atoms with van der Waals surface area (Å²) in [6, 6.07) is 0. The number of unbranched alkanes of at least 4 members (excludes halogenated alkanes) is 1. The number of hydrogen-bond donors (Lipinski definition) is 1. The van der Waals surface area contributed by atoms with Gasteiger partial charge in [0.15, 0.2) is 0 Å². The fourth-order valence-electron chi connectivity index (χ4n) is 1.69. The van der Waals surface area contributed by atoms with Gasteiger partial charge in [0, 0.05) is 0 Å². The third kappa shape index (κ3) is 3.15. The van der Waals surface area contributed by atoms with Crippen molar-refractivity contribution < 1.29 is 5.11 Å². The first-order valence-corrected chi connectivity index (χ1v) is 5.55. The summed E-state index contributed by atoms with van der Waals surface area (Å²) in [6.07, 6.45) is 5.87. The first kappa shape index (κ1) is 10.8. The normalized spacial score (nSPS) is 17.8. The molecule has 1 nitrogen and oxygen atoms in total. The summed E-state index contributed by atoms with van der Waals surface area (Å²) in [6.45, 7) is 6.40. The van der Waals surface area contributed by atoms with Gasteiger partial charge in [0.1, 0.15) is 0 Å². The maximum Gasteiger partial charge on any atom is 0.0775 e. The van der Waals surface area contributed by atoms with Crippen LogP contribution in [-0.4, -0.2) is 11.2 Å². The van der Waals surface area contributed by atoms with E-state index in [1.54, 1.807) is 0 Å². The summed E-state index contributed by atoms with van der Waals surface area (Å²) < 4.78 is 0. The Morgan fingerprint density at radius 2 is 2.00 bits per heavy atom. The lowest BCUT2D eigenvalue weighted by Gasteiger charge is -2.18. The van der Waals surface area contributed by atoms with Crippen molar-refractivity contribution in [3.63, 3.8) is 0 Å². The molecule has 76 valence electrons. The van der Waals surface area contributed by atoms with Crippen LogP contribution < -0.4 is 0 Å². The minimum atomic E-state index is -0.177. The van der Waals surface area contributed by atoms with Crippen molar-refractivity contribution in [2.75, 3.05) is 0 Å². The maximum absolute atomic E-state index is 9.97. The van der Waals surface area contributed by atoms with Crippen LogP contribution in [0, 0.1) is 5.92 Å². The van der Waals surface area contributed by atoms with Crippen LogP contribution in [0.25, 0.3) is 0 Å². The van der Waals surface area contributed by atoms with Gasteiger partial charge in [-0.15, -0.1) is 0 Å². The molecule has 0 heterocycles. The molecule has 0 aliphatic heterocycles. The van der Waals surface area contributed by atoms with Crippen molar-refractivity contribution in [1.29, 1.82) is 0 Å². The summed E-state index contributed by atoms with van der Waals surface area (Å²) in [5.74, 6) is 0.375. The number of allylic oxidation sites excluding steroid dienone is 1. The number of aliphatic hydroxyl groups excluding tert-OH is 1. The van der Waals surface area contributed by atoms with Crippen LogP contribution in [0.15, 0.2) is 11.1 Å². The van der Waals surface area contributed by atoms with E-state index in [1.807, 2.05) is 0 Å². The smallest absolute Gasteiger partial charge is 0.0775 e. The summed E-state index contributed by atoms with van der Waals surface area (Å²) in [4.78, 5) is 0. The largest absolute Gasteiger partial charge is 0.388 e. The van der Waals surface area contributed by atoms with Gasteiger partial charge in [0.05, 0.1) is 6.10 Å². The molecule has 1 heteroatoms.